The number of rotatable bonds is 3. The first-order valence-electron chi connectivity index (χ1n) is 5.17. The number of hydrogen-bond acceptors (Lipinski definition) is 5. The van der Waals surface area contributed by atoms with Crippen molar-refractivity contribution in [3.63, 3.8) is 0 Å². The molecule has 1 amide bonds. The van der Waals surface area contributed by atoms with Crippen LogP contribution in [-0.2, 0) is 0 Å². The molecule has 0 saturated carbocycles. The zero-order valence-corrected chi connectivity index (χ0v) is 10.6. The number of carbonyl (C=O) groups is 2. The molecule has 0 aliphatic heterocycles. The molecule has 98 valence electrons. The SMILES string of the molecule is Cc1cc(C(=O)O)c(NC(=O)c2c[nH]c(=O)cn2)s1. The van der Waals surface area contributed by atoms with Crippen LogP contribution in [0.3, 0.4) is 0 Å². The van der Waals surface area contributed by atoms with Crippen molar-refractivity contribution in [3.8, 4) is 0 Å². The van der Waals surface area contributed by atoms with Crippen molar-refractivity contribution in [2.45, 2.75) is 6.92 Å². The molecule has 0 radical (unpaired) electrons. The molecule has 8 heteroatoms. The van der Waals surface area contributed by atoms with Crippen LogP contribution in [0.5, 0.6) is 0 Å². The number of amides is 1. The van der Waals surface area contributed by atoms with E-state index in [-0.39, 0.29) is 16.3 Å². The summed E-state index contributed by atoms with van der Waals surface area (Å²) >= 11 is 1.16. The Morgan fingerprint density at radius 1 is 1.47 bits per heavy atom. The Morgan fingerprint density at radius 3 is 2.79 bits per heavy atom. The number of nitrogens with one attached hydrogen (secondary N) is 2. The third-order valence-corrected chi connectivity index (χ3v) is 3.18. The number of thiophene rings is 1. The molecule has 0 fully saturated rings. The maximum absolute atomic E-state index is 11.8. The maximum Gasteiger partial charge on any atom is 0.338 e. The molecule has 0 atom stereocenters. The van der Waals surface area contributed by atoms with E-state index in [2.05, 4.69) is 15.3 Å². The molecule has 7 nitrogen and oxygen atoms in total. The molecular weight excluding hydrogens is 270 g/mol. The minimum atomic E-state index is -1.12. The van der Waals surface area contributed by atoms with E-state index in [1.165, 1.54) is 12.3 Å². The highest BCUT2D eigenvalue weighted by molar-refractivity contribution is 7.16. The minimum absolute atomic E-state index is 0.00184. The second-order valence-corrected chi connectivity index (χ2v) is 4.91. The molecule has 2 aromatic heterocycles. The summed E-state index contributed by atoms with van der Waals surface area (Å²) in [6, 6.07) is 1.48. The standard InChI is InChI=1S/C11H9N3O4S/c1-5-2-6(11(17)18)10(19-5)14-9(16)7-3-13-8(15)4-12-7/h2-4H,1H3,(H,13,15)(H,14,16)(H,17,18). The van der Waals surface area contributed by atoms with E-state index in [0.29, 0.717) is 0 Å². The van der Waals surface area contributed by atoms with Gasteiger partial charge in [-0.25, -0.2) is 9.78 Å². The molecule has 0 aromatic carbocycles. The number of carboxylic acid groups (broad SMARTS) is 1. The summed E-state index contributed by atoms with van der Waals surface area (Å²) in [4.78, 5) is 40.4. The van der Waals surface area contributed by atoms with Crippen molar-refractivity contribution < 1.29 is 14.7 Å². The number of aromatic amines is 1. The van der Waals surface area contributed by atoms with E-state index in [4.69, 9.17) is 5.11 Å². The Hall–Kier alpha value is -2.48. The van der Waals surface area contributed by atoms with Crippen LogP contribution in [0, 0.1) is 6.92 Å². The number of aromatic carboxylic acids is 1. The number of nitrogens with zero attached hydrogens (tertiary/aromatic N) is 1. The predicted molar refractivity (Wildman–Crippen MR) is 68.8 cm³/mol. The monoisotopic (exact) mass is 279 g/mol. The number of H-pyrrole nitrogens is 1. The summed E-state index contributed by atoms with van der Waals surface area (Å²) in [5.41, 5.74) is -0.392. The summed E-state index contributed by atoms with van der Waals surface area (Å²) < 4.78 is 0. The van der Waals surface area contributed by atoms with Gasteiger partial charge < -0.3 is 15.4 Å². The van der Waals surface area contributed by atoms with Crippen LogP contribution in [0.25, 0.3) is 0 Å². The molecule has 0 unspecified atom stereocenters. The van der Waals surface area contributed by atoms with Crippen molar-refractivity contribution in [3.05, 3.63) is 44.9 Å². The van der Waals surface area contributed by atoms with Gasteiger partial charge in [0.05, 0.1) is 11.8 Å². The fraction of sp³-hybridized carbons (Fsp3) is 0.0909. The summed E-state index contributed by atoms with van der Waals surface area (Å²) in [5, 5.41) is 11.7. The summed E-state index contributed by atoms with van der Waals surface area (Å²) in [5.74, 6) is -1.70. The summed E-state index contributed by atoms with van der Waals surface area (Å²) in [7, 11) is 0. The van der Waals surface area contributed by atoms with Crippen LogP contribution in [0.15, 0.2) is 23.3 Å². The van der Waals surface area contributed by atoms with E-state index < -0.39 is 17.4 Å². The van der Waals surface area contributed by atoms with Crippen molar-refractivity contribution in [2.75, 3.05) is 5.32 Å². The number of aromatic nitrogens is 2. The quantitative estimate of drug-likeness (QED) is 0.778. The highest BCUT2D eigenvalue weighted by Crippen LogP contribution is 2.27. The molecular formula is C11H9N3O4S. The van der Waals surface area contributed by atoms with E-state index in [9.17, 15) is 14.4 Å². The second-order valence-electron chi connectivity index (χ2n) is 3.66. The summed E-state index contributed by atoms with van der Waals surface area (Å²) in [6.07, 6.45) is 2.14. The number of carbonyl (C=O) groups excluding carboxylic acids is 1. The van der Waals surface area contributed by atoms with Crippen LogP contribution >= 0.6 is 11.3 Å². The first kappa shape index (κ1) is 13.0. The molecule has 2 aromatic rings. The van der Waals surface area contributed by atoms with E-state index in [1.807, 2.05) is 0 Å². The van der Waals surface area contributed by atoms with Gasteiger partial charge in [0.1, 0.15) is 10.7 Å². The van der Waals surface area contributed by atoms with Crippen molar-refractivity contribution in [1.82, 2.24) is 9.97 Å². The lowest BCUT2D eigenvalue weighted by Crippen LogP contribution is -2.17. The normalized spacial score (nSPS) is 10.2. The zero-order chi connectivity index (χ0) is 14.0. The van der Waals surface area contributed by atoms with Gasteiger partial charge in [-0.3, -0.25) is 9.59 Å². The van der Waals surface area contributed by atoms with Crippen molar-refractivity contribution in [2.24, 2.45) is 0 Å². The molecule has 0 bridgehead atoms. The summed E-state index contributed by atoms with van der Waals surface area (Å²) in [6.45, 7) is 1.74. The van der Waals surface area contributed by atoms with Crippen LogP contribution in [0.2, 0.25) is 0 Å². The van der Waals surface area contributed by atoms with E-state index in [1.54, 1.807) is 6.92 Å². The number of anilines is 1. The van der Waals surface area contributed by atoms with Crippen LogP contribution in [0.1, 0.15) is 25.7 Å². The Morgan fingerprint density at radius 2 is 2.21 bits per heavy atom. The van der Waals surface area contributed by atoms with Crippen LogP contribution < -0.4 is 10.9 Å². The molecule has 2 heterocycles. The lowest BCUT2D eigenvalue weighted by atomic mass is 10.3. The maximum atomic E-state index is 11.8. The average Bonchev–Trinajstić information content (AvgIpc) is 2.71. The van der Waals surface area contributed by atoms with Gasteiger partial charge in [-0.05, 0) is 13.0 Å². The Kier molecular flexibility index (Phi) is 3.43. The van der Waals surface area contributed by atoms with Crippen LogP contribution in [-0.4, -0.2) is 27.0 Å². The van der Waals surface area contributed by atoms with Gasteiger partial charge in [0.2, 0.25) is 0 Å². The first-order valence-corrected chi connectivity index (χ1v) is 5.99. The van der Waals surface area contributed by atoms with Gasteiger partial charge in [-0.15, -0.1) is 11.3 Å². The fourth-order valence-electron chi connectivity index (χ4n) is 1.40. The van der Waals surface area contributed by atoms with Gasteiger partial charge in [-0.2, -0.15) is 0 Å². The average molecular weight is 279 g/mol. The largest absolute Gasteiger partial charge is 0.478 e. The van der Waals surface area contributed by atoms with E-state index >= 15 is 0 Å². The molecule has 0 spiro atoms. The highest BCUT2D eigenvalue weighted by atomic mass is 32.1. The third-order valence-electron chi connectivity index (χ3n) is 2.22. The third kappa shape index (κ3) is 2.86. The number of aryl methyl sites for hydroxylation is 1. The predicted octanol–water partition coefficient (Wildman–Crippen LogP) is 1.09. The second kappa shape index (κ2) is 5.02. The lowest BCUT2D eigenvalue weighted by Gasteiger charge is -2.02. The molecule has 2 rings (SSSR count). The zero-order valence-electron chi connectivity index (χ0n) is 9.76. The molecule has 3 N–H and O–H groups in total. The topological polar surface area (TPSA) is 112 Å². The molecule has 19 heavy (non-hydrogen) atoms. The smallest absolute Gasteiger partial charge is 0.338 e. The molecule has 0 aliphatic rings. The van der Waals surface area contributed by atoms with Crippen LogP contribution in [0.4, 0.5) is 5.00 Å². The van der Waals surface area contributed by atoms with Gasteiger partial charge in [0, 0.05) is 11.1 Å². The van der Waals surface area contributed by atoms with Crippen molar-refractivity contribution in [1.29, 1.82) is 0 Å². The fourth-order valence-corrected chi connectivity index (χ4v) is 2.30. The van der Waals surface area contributed by atoms with Gasteiger partial charge >= 0.3 is 5.97 Å². The Labute approximate surface area is 110 Å². The highest BCUT2D eigenvalue weighted by Gasteiger charge is 2.17. The lowest BCUT2D eigenvalue weighted by molar-refractivity contribution is 0.0698. The van der Waals surface area contributed by atoms with Gasteiger partial charge in [0.25, 0.3) is 11.5 Å². The first-order chi connectivity index (χ1) is 8.97. The van der Waals surface area contributed by atoms with Crippen molar-refractivity contribution >= 4 is 28.2 Å². The van der Waals surface area contributed by atoms with Gasteiger partial charge in [0.15, 0.2) is 0 Å². The molecule has 0 saturated heterocycles. The number of carboxylic acids is 1. The van der Waals surface area contributed by atoms with E-state index in [0.717, 1.165) is 22.4 Å². The molecule has 0 aliphatic carbocycles. The minimum Gasteiger partial charge on any atom is -0.478 e. The van der Waals surface area contributed by atoms with Gasteiger partial charge in [-0.1, -0.05) is 0 Å². The Bertz CT molecular complexity index is 684. The Balaban J connectivity index is 2.26. The number of hydrogen-bond donors (Lipinski definition) is 3.